The maximum absolute atomic E-state index is 6.36. The molecule has 20 heavy (non-hydrogen) atoms. The summed E-state index contributed by atoms with van der Waals surface area (Å²) in [6.45, 7) is 8.19. The molecule has 0 aromatic heterocycles. The van der Waals surface area contributed by atoms with E-state index in [1.54, 1.807) is 0 Å². The largest absolute Gasteiger partial charge is 0.329 e. The third kappa shape index (κ3) is 4.36. The van der Waals surface area contributed by atoms with Crippen LogP contribution in [0.5, 0.6) is 0 Å². The van der Waals surface area contributed by atoms with Crippen LogP contribution in [0.2, 0.25) is 10.0 Å². The fraction of sp³-hybridized carbons (Fsp3) is 0.625. The lowest BCUT2D eigenvalue weighted by molar-refractivity contribution is 0.141. The summed E-state index contributed by atoms with van der Waals surface area (Å²) in [6, 6.07) is 6.20. The molecule has 0 aliphatic rings. The van der Waals surface area contributed by atoms with Gasteiger partial charge >= 0.3 is 0 Å². The second-order valence-corrected chi connectivity index (χ2v) is 6.05. The van der Waals surface area contributed by atoms with E-state index in [2.05, 4.69) is 25.7 Å². The molecule has 0 aliphatic heterocycles. The predicted octanol–water partition coefficient (Wildman–Crippen LogP) is 4.89. The average Bonchev–Trinajstić information content (AvgIpc) is 2.44. The molecular weight excluding hydrogens is 291 g/mol. The van der Waals surface area contributed by atoms with Crippen LogP contribution >= 0.6 is 23.2 Å². The summed E-state index contributed by atoms with van der Waals surface area (Å²) in [5, 5.41) is 1.41. The molecule has 1 aromatic carbocycles. The summed E-state index contributed by atoms with van der Waals surface area (Å²) in [5.41, 5.74) is 7.02. The number of nitrogens with zero attached hydrogens (tertiary/aromatic N) is 1. The van der Waals surface area contributed by atoms with E-state index >= 15 is 0 Å². The molecule has 4 heteroatoms. The van der Waals surface area contributed by atoms with Gasteiger partial charge in [0.2, 0.25) is 0 Å². The molecule has 0 saturated carbocycles. The van der Waals surface area contributed by atoms with Crippen LogP contribution in [-0.4, -0.2) is 24.0 Å². The Morgan fingerprint density at radius 3 is 2.25 bits per heavy atom. The first-order chi connectivity index (χ1) is 9.56. The summed E-state index contributed by atoms with van der Waals surface area (Å²) in [7, 11) is 0. The molecule has 114 valence electrons. The van der Waals surface area contributed by atoms with Crippen molar-refractivity contribution in [2.75, 3.05) is 13.1 Å². The van der Waals surface area contributed by atoms with E-state index in [9.17, 15) is 0 Å². The van der Waals surface area contributed by atoms with Gasteiger partial charge in [-0.3, -0.25) is 4.90 Å². The second kappa shape index (κ2) is 8.89. The van der Waals surface area contributed by atoms with Gasteiger partial charge in [0.1, 0.15) is 0 Å². The van der Waals surface area contributed by atoms with E-state index in [4.69, 9.17) is 28.9 Å². The summed E-state index contributed by atoms with van der Waals surface area (Å²) in [5.74, 6) is 0. The van der Waals surface area contributed by atoms with Crippen LogP contribution in [-0.2, 0) is 0 Å². The van der Waals surface area contributed by atoms with Crippen molar-refractivity contribution in [3.05, 3.63) is 33.8 Å². The zero-order valence-electron chi connectivity index (χ0n) is 12.7. The number of hydrogen-bond donors (Lipinski definition) is 1. The predicted molar refractivity (Wildman–Crippen MR) is 89.6 cm³/mol. The first kappa shape index (κ1) is 17.8. The van der Waals surface area contributed by atoms with E-state index < -0.39 is 0 Å². The van der Waals surface area contributed by atoms with Crippen molar-refractivity contribution in [3.63, 3.8) is 0 Å². The molecular formula is C16H26Cl2N2. The van der Waals surface area contributed by atoms with Crippen LogP contribution in [0.3, 0.4) is 0 Å². The topological polar surface area (TPSA) is 29.3 Å². The number of nitrogens with two attached hydrogens (primary N) is 1. The van der Waals surface area contributed by atoms with Gasteiger partial charge in [-0.05, 0) is 38.4 Å². The van der Waals surface area contributed by atoms with Gasteiger partial charge in [0.05, 0.1) is 6.04 Å². The number of halogens is 2. The van der Waals surface area contributed by atoms with E-state index in [0.29, 0.717) is 22.6 Å². The highest BCUT2D eigenvalue weighted by Crippen LogP contribution is 2.34. The van der Waals surface area contributed by atoms with Crippen molar-refractivity contribution >= 4 is 23.2 Å². The highest BCUT2D eigenvalue weighted by atomic mass is 35.5. The Hall–Kier alpha value is -0.280. The third-order valence-corrected chi connectivity index (χ3v) is 4.54. The molecule has 2 nitrogen and oxygen atoms in total. The molecule has 0 fully saturated rings. The van der Waals surface area contributed by atoms with Crippen molar-refractivity contribution in [2.45, 2.75) is 52.1 Å². The third-order valence-electron chi connectivity index (χ3n) is 3.88. The molecule has 2 unspecified atom stereocenters. The number of rotatable bonds is 8. The SMILES string of the molecule is CCCCN(C(C)CC)C(CN)c1c(Cl)cccc1Cl. The van der Waals surface area contributed by atoms with Gasteiger partial charge < -0.3 is 5.73 Å². The van der Waals surface area contributed by atoms with E-state index in [1.165, 1.54) is 6.42 Å². The van der Waals surface area contributed by atoms with Crippen molar-refractivity contribution < 1.29 is 0 Å². The Bertz CT molecular complexity index is 389. The van der Waals surface area contributed by atoms with Crippen molar-refractivity contribution in [1.82, 2.24) is 4.90 Å². The molecule has 2 atom stereocenters. The molecule has 2 N–H and O–H groups in total. The molecule has 0 aliphatic carbocycles. The first-order valence-corrected chi connectivity index (χ1v) is 8.22. The van der Waals surface area contributed by atoms with E-state index in [1.807, 2.05) is 18.2 Å². The van der Waals surface area contributed by atoms with Crippen molar-refractivity contribution in [3.8, 4) is 0 Å². The lowest BCUT2D eigenvalue weighted by atomic mass is 10.0. The minimum absolute atomic E-state index is 0.0812. The summed E-state index contributed by atoms with van der Waals surface area (Å²) >= 11 is 12.7. The lowest BCUT2D eigenvalue weighted by Gasteiger charge is -2.36. The molecule has 1 aromatic rings. The minimum atomic E-state index is 0.0812. The molecule has 1 rings (SSSR count). The minimum Gasteiger partial charge on any atom is -0.329 e. The number of hydrogen-bond acceptors (Lipinski definition) is 2. The van der Waals surface area contributed by atoms with E-state index in [0.717, 1.165) is 24.9 Å². The fourth-order valence-electron chi connectivity index (χ4n) is 2.51. The zero-order valence-corrected chi connectivity index (χ0v) is 14.2. The first-order valence-electron chi connectivity index (χ1n) is 7.46. The molecule has 0 spiro atoms. The monoisotopic (exact) mass is 316 g/mol. The van der Waals surface area contributed by atoms with Crippen LogP contribution in [0.25, 0.3) is 0 Å². The fourth-order valence-corrected chi connectivity index (χ4v) is 3.16. The quantitative estimate of drug-likeness (QED) is 0.739. The Morgan fingerprint density at radius 2 is 1.80 bits per heavy atom. The molecule has 0 amide bonds. The van der Waals surface area contributed by atoms with Gasteiger partial charge in [-0.2, -0.15) is 0 Å². The Labute approximate surface area is 133 Å². The van der Waals surface area contributed by atoms with Crippen LogP contribution in [0.4, 0.5) is 0 Å². The van der Waals surface area contributed by atoms with Gasteiger partial charge in [0, 0.05) is 28.2 Å². The number of unbranched alkanes of at least 4 members (excludes halogenated alkanes) is 1. The maximum atomic E-state index is 6.36. The van der Waals surface area contributed by atoms with Crippen LogP contribution in [0.15, 0.2) is 18.2 Å². The standard InChI is InChI=1S/C16H26Cl2N2/c1-4-6-10-20(12(3)5-2)15(11-19)16-13(17)8-7-9-14(16)18/h7-9,12,15H,4-6,10-11,19H2,1-3H3. The highest BCUT2D eigenvalue weighted by Gasteiger charge is 2.26. The Balaban J connectivity index is 3.11. The van der Waals surface area contributed by atoms with Crippen molar-refractivity contribution in [2.24, 2.45) is 5.73 Å². The Kier molecular flexibility index (Phi) is 7.90. The summed E-state index contributed by atoms with van der Waals surface area (Å²) < 4.78 is 0. The van der Waals surface area contributed by atoms with Gasteiger partial charge in [0.25, 0.3) is 0 Å². The highest BCUT2D eigenvalue weighted by molar-refractivity contribution is 6.36. The van der Waals surface area contributed by atoms with Crippen molar-refractivity contribution in [1.29, 1.82) is 0 Å². The van der Waals surface area contributed by atoms with Gasteiger partial charge in [-0.1, -0.05) is 49.5 Å². The second-order valence-electron chi connectivity index (χ2n) is 5.24. The average molecular weight is 317 g/mol. The van der Waals surface area contributed by atoms with Gasteiger partial charge in [-0.25, -0.2) is 0 Å². The van der Waals surface area contributed by atoms with Gasteiger partial charge in [0.15, 0.2) is 0 Å². The molecule has 0 radical (unpaired) electrons. The molecule has 0 saturated heterocycles. The number of benzene rings is 1. The normalized spacial score (nSPS) is 14.6. The van der Waals surface area contributed by atoms with Crippen LogP contribution < -0.4 is 5.73 Å². The zero-order chi connectivity index (χ0) is 15.1. The summed E-state index contributed by atoms with van der Waals surface area (Å²) in [4.78, 5) is 2.44. The molecule has 0 heterocycles. The maximum Gasteiger partial charge on any atom is 0.0502 e. The van der Waals surface area contributed by atoms with Crippen LogP contribution in [0.1, 0.15) is 51.6 Å². The summed E-state index contributed by atoms with van der Waals surface area (Å²) in [6.07, 6.45) is 3.41. The lowest BCUT2D eigenvalue weighted by Crippen LogP contribution is -2.40. The van der Waals surface area contributed by atoms with E-state index in [-0.39, 0.29) is 6.04 Å². The van der Waals surface area contributed by atoms with Crippen LogP contribution in [0, 0.1) is 0 Å². The van der Waals surface area contributed by atoms with Gasteiger partial charge in [-0.15, -0.1) is 0 Å². The molecule has 0 bridgehead atoms. The smallest absolute Gasteiger partial charge is 0.0502 e. The Morgan fingerprint density at radius 1 is 1.20 bits per heavy atom.